The topological polar surface area (TPSA) is 72.3 Å². The number of ether oxygens (including phenoxy) is 1. The number of nitrogens with zero attached hydrogens (tertiary/aromatic N) is 2. The Bertz CT molecular complexity index is 586. The van der Waals surface area contributed by atoms with E-state index in [1.165, 1.54) is 13.4 Å². The van der Waals surface area contributed by atoms with Gasteiger partial charge in [-0.05, 0) is 6.07 Å². The van der Waals surface area contributed by atoms with E-state index in [2.05, 4.69) is 9.97 Å². The van der Waals surface area contributed by atoms with Crippen molar-refractivity contribution in [3.63, 3.8) is 0 Å². The summed E-state index contributed by atoms with van der Waals surface area (Å²) in [4.78, 5) is 18.6. The zero-order chi connectivity index (χ0) is 12.4. The van der Waals surface area contributed by atoms with E-state index in [0.29, 0.717) is 27.4 Å². The average Bonchev–Trinajstić information content (AvgIpc) is 2.29. The lowest BCUT2D eigenvalue weighted by molar-refractivity contribution is -0.136. The first-order chi connectivity index (χ1) is 8.11. The van der Waals surface area contributed by atoms with Gasteiger partial charge in [0.25, 0.3) is 0 Å². The van der Waals surface area contributed by atoms with Gasteiger partial charge in [-0.1, -0.05) is 11.6 Å². The first-order valence-corrected chi connectivity index (χ1v) is 5.18. The summed E-state index contributed by atoms with van der Waals surface area (Å²) in [6.45, 7) is 0. The molecule has 1 heterocycles. The highest BCUT2D eigenvalue weighted by molar-refractivity contribution is 6.34. The smallest absolute Gasteiger partial charge is 0.307 e. The summed E-state index contributed by atoms with van der Waals surface area (Å²) in [5.41, 5.74) is 1.17. The van der Waals surface area contributed by atoms with Crippen LogP contribution < -0.4 is 4.74 Å². The molecule has 1 aromatic carbocycles. The summed E-state index contributed by atoms with van der Waals surface area (Å²) in [5, 5.41) is 9.72. The van der Waals surface area contributed by atoms with Crippen molar-refractivity contribution in [1.29, 1.82) is 0 Å². The van der Waals surface area contributed by atoms with Crippen LogP contribution >= 0.6 is 11.6 Å². The number of aromatic nitrogens is 2. The minimum Gasteiger partial charge on any atom is -0.496 e. The number of carboxylic acid groups (broad SMARTS) is 1. The predicted molar refractivity (Wildman–Crippen MR) is 62.4 cm³/mol. The molecule has 0 aliphatic carbocycles. The van der Waals surface area contributed by atoms with Crippen LogP contribution in [-0.4, -0.2) is 28.2 Å². The highest BCUT2D eigenvalue weighted by Gasteiger charge is 2.11. The van der Waals surface area contributed by atoms with Gasteiger partial charge >= 0.3 is 5.97 Å². The van der Waals surface area contributed by atoms with E-state index in [9.17, 15) is 4.79 Å². The van der Waals surface area contributed by atoms with Crippen molar-refractivity contribution in [3.8, 4) is 5.75 Å². The van der Waals surface area contributed by atoms with Crippen LogP contribution in [0.25, 0.3) is 10.9 Å². The predicted octanol–water partition coefficient (Wildman–Crippen LogP) is 1.92. The maximum atomic E-state index is 10.7. The number of hydrogen-bond acceptors (Lipinski definition) is 4. The van der Waals surface area contributed by atoms with Gasteiger partial charge < -0.3 is 9.84 Å². The zero-order valence-corrected chi connectivity index (χ0v) is 9.73. The highest BCUT2D eigenvalue weighted by Crippen LogP contribution is 2.28. The molecule has 0 bridgehead atoms. The molecule has 6 heteroatoms. The fourth-order valence-corrected chi connectivity index (χ4v) is 1.78. The summed E-state index contributed by atoms with van der Waals surface area (Å²) < 4.78 is 5.13. The van der Waals surface area contributed by atoms with Crippen molar-refractivity contribution in [3.05, 3.63) is 29.2 Å². The maximum absolute atomic E-state index is 10.7. The largest absolute Gasteiger partial charge is 0.496 e. The van der Waals surface area contributed by atoms with E-state index in [1.807, 2.05) is 0 Å². The van der Waals surface area contributed by atoms with Crippen LogP contribution in [0.5, 0.6) is 5.75 Å². The molecule has 17 heavy (non-hydrogen) atoms. The van der Waals surface area contributed by atoms with Gasteiger partial charge in [-0.25, -0.2) is 9.97 Å². The van der Waals surface area contributed by atoms with Crippen molar-refractivity contribution < 1.29 is 14.6 Å². The molecule has 0 aliphatic rings. The van der Waals surface area contributed by atoms with Gasteiger partial charge in [0.1, 0.15) is 17.2 Å². The molecule has 0 unspecified atom stereocenters. The lowest BCUT2D eigenvalue weighted by atomic mass is 10.1. The van der Waals surface area contributed by atoms with Crippen LogP contribution in [0, 0.1) is 0 Å². The summed E-state index contributed by atoms with van der Waals surface area (Å²) >= 11 is 5.92. The molecule has 5 nitrogen and oxygen atoms in total. The zero-order valence-electron chi connectivity index (χ0n) is 8.98. The second-order valence-corrected chi connectivity index (χ2v) is 3.77. The monoisotopic (exact) mass is 252 g/mol. The number of rotatable bonds is 3. The molecule has 2 aromatic rings. The first kappa shape index (κ1) is 11.6. The van der Waals surface area contributed by atoms with Crippen LogP contribution in [-0.2, 0) is 11.2 Å². The molecule has 0 amide bonds. The minimum atomic E-state index is -0.935. The van der Waals surface area contributed by atoms with Gasteiger partial charge in [0.05, 0.1) is 19.0 Å². The third kappa shape index (κ3) is 2.29. The van der Waals surface area contributed by atoms with E-state index < -0.39 is 5.97 Å². The normalized spacial score (nSPS) is 10.5. The fourth-order valence-electron chi connectivity index (χ4n) is 1.59. The van der Waals surface area contributed by atoms with Gasteiger partial charge in [-0.3, -0.25) is 4.79 Å². The van der Waals surface area contributed by atoms with Gasteiger partial charge in [-0.2, -0.15) is 0 Å². The fraction of sp³-hybridized carbons (Fsp3) is 0.182. The van der Waals surface area contributed by atoms with Crippen LogP contribution in [0.4, 0.5) is 0 Å². The average molecular weight is 253 g/mol. The Balaban J connectivity index is 2.65. The molecule has 0 aliphatic heterocycles. The van der Waals surface area contributed by atoms with Crippen LogP contribution in [0.3, 0.4) is 0 Å². The Morgan fingerprint density at radius 2 is 2.24 bits per heavy atom. The molecule has 0 saturated carbocycles. The summed E-state index contributed by atoms with van der Waals surface area (Å²) in [6.07, 6.45) is 1.21. The summed E-state index contributed by atoms with van der Waals surface area (Å²) in [5.74, 6) is -0.453. The minimum absolute atomic E-state index is 0.135. The number of carboxylic acids is 1. The molecule has 2 rings (SSSR count). The van der Waals surface area contributed by atoms with Gasteiger partial charge in [0.15, 0.2) is 0 Å². The number of carbonyl (C=O) groups is 1. The van der Waals surface area contributed by atoms with Crippen molar-refractivity contribution in [1.82, 2.24) is 9.97 Å². The molecule has 1 N–H and O–H groups in total. The number of methoxy groups -OCH3 is 1. The SMILES string of the molecule is COc1cc2ncnc(Cl)c2cc1CC(=O)O. The number of fused-ring (bicyclic) bond motifs is 1. The molecule has 0 saturated heterocycles. The molecule has 0 atom stereocenters. The Kier molecular flexibility index (Phi) is 3.10. The standard InChI is InChI=1S/C11H9ClN2O3/c1-17-9-4-8-7(11(12)14-5-13-8)2-6(9)3-10(15)16/h2,4-5H,3H2,1H3,(H,15,16). The summed E-state index contributed by atoms with van der Waals surface area (Å²) in [7, 11) is 1.48. The first-order valence-electron chi connectivity index (χ1n) is 4.80. The van der Waals surface area contributed by atoms with Gasteiger partial charge in [-0.15, -0.1) is 0 Å². The number of halogens is 1. The number of aliphatic carboxylic acids is 1. The lowest BCUT2D eigenvalue weighted by Crippen LogP contribution is -2.02. The quantitative estimate of drug-likeness (QED) is 0.845. The van der Waals surface area contributed by atoms with E-state index in [0.717, 1.165) is 0 Å². The number of hydrogen-bond donors (Lipinski definition) is 1. The van der Waals surface area contributed by atoms with Gasteiger partial charge in [0.2, 0.25) is 0 Å². The Morgan fingerprint density at radius 1 is 1.47 bits per heavy atom. The summed E-state index contributed by atoms with van der Waals surface area (Å²) in [6, 6.07) is 3.30. The van der Waals surface area contributed by atoms with E-state index in [1.54, 1.807) is 12.1 Å². The van der Waals surface area contributed by atoms with Crippen LogP contribution in [0.1, 0.15) is 5.56 Å². The van der Waals surface area contributed by atoms with Crippen molar-refractivity contribution >= 4 is 28.5 Å². The second kappa shape index (κ2) is 4.55. The third-order valence-electron chi connectivity index (χ3n) is 2.33. The van der Waals surface area contributed by atoms with Crippen molar-refractivity contribution in [2.24, 2.45) is 0 Å². The van der Waals surface area contributed by atoms with E-state index in [4.69, 9.17) is 21.4 Å². The van der Waals surface area contributed by atoms with Crippen LogP contribution in [0.15, 0.2) is 18.5 Å². The molecule has 0 spiro atoms. The maximum Gasteiger partial charge on any atom is 0.307 e. The number of benzene rings is 1. The lowest BCUT2D eigenvalue weighted by Gasteiger charge is -2.08. The van der Waals surface area contributed by atoms with E-state index >= 15 is 0 Å². The molecular weight excluding hydrogens is 244 g/mol. The Hall–Kier alpha value is -1.88. The van der Waals surface area contributed by atoms with Crippen molar-refractivity contribution in [2.75, 3.05) is 7.11 Å². The van der Waals surface area contributed by atoms with Crippen LogP contribution in [0.2, 0.25) is 5.15 Å². The molecule has 0 fully saturated rings. The highest BCUT2D eigenvalue weighted by atomic mass is 35.5. The Labute approximate surface area is 102 Å². The molecule has 88 valence electrons. The van der Waals surface area contributed by atoms with Crippen molar-refractivity contribution in [2.45, 2.75) is 6.42 Å². The Morgan fingerprint density at radius 3 is 2.88 bits per heavy atom. The molecule has 1 aromatic heterocycles. The second-order valence-electron chi connectivity index (χ2n) is 3.42. The van der Waals surface area contributed by atoms with Gasteiger partial charge in [0, 0.05) is 17.0 Å². The van der Waals surface area contributed by atoms with E-state index in [-0.39, 0.29) is 6.42 Å². The molecule has 0 radical (unpaired) electrons. The third-order valence-corrected chi connectivity index (χ3v) is 2.63. The molecular formula is C11H9ClN2O3.